The van der Waals surface area contributed by atoms with Crippen LogP contribution in [0.25, 0.3) is 0 Å². The molecule has 0 bridgehead atoms. The van der Waals surface area contributed by atoms with Crippen molar-refractivity contribution in [1.29, 1.82) is 0 Å². The number of hydrogen-bond acceptors (Lipinski definition) is 1. The van der Waals surface area contributed by atoms with Crippen molar-refractivity contribution in [2.24, 2.45) is 0 Å². The topological polar surface area (TPSA) is 41.1 Å². The summed E-state index contributed by atoms with van der Waals surface area (Å²) in [7, 11) is 0. The molecule has 1 aliphatic rings. The third-order valence-electron chi connectivity index (χ3n) is 2.15. The maximum Gasteiger partial charge on any atom is 0.323 e. The number of hydrogen-bond donors (Lipinski definition) is 2. The van der Waals surface area contributed by atoms with Crippen LogP contribution in [0.4, 0.5) is 10.5 Å². The second-order valence-corrected chi connectivity index (χ2v) is 3.85. The standard InChI is InChI=1S/C12H11ClN2O/c13-9-5-7-11(8-6-9)15-12(16)14-10-3-1-2-4-10/h1-3,5-8H,4H2,(H2,14,15,16). The molecule has 82 valence electrons. The minimum Gasteiger partial charge on any atom is -0.311 e. The Morgan fingerprint density at radius 3 is 2.56 bits per heavy atom. The van der Waals surface area contributed by atoms with Crippen LogP contribution in [0.2, 0.25) is 5.02 Å². The minimum absolute atomic E-state index is 0.239. The first-order chi connectivity index (χ1) is 7.74. The Morgan fingerprint density at radius 2 is 1.94 bits per heavy atom. The molecule has 3 nitrogen and oxygen atoms in total. The number of benzene rings is 1. The molecule has 0 aliphatic heterocycles. The number of rotatable bonds is 2. The van der Waals surface area contributed by atoms with E-state index in [4.69, 9.17) is 11.6 Å². The van der Waals surface area contributed by atoms with Gasteiger partial charge in [0.1, 0.15) is 0 Å². The number of amides is 2. The second-order valence-electron chi connectivity index (χ2n) is 3.41. The van der Waals surface area contributed by atoms with Gasteiger partial charge in [-0.05, 0) is 30.3 Å². The lowest BCUT2D eigenvalue weighted by atomic mass is 10.3. The second kappa shape index (κ2) is 4.86. The number of halogens is 1. The monoisotopic (exact) mass is 234 g/mol. The molecule has 0 saturated carbocycles. The van der Waals surface area contributed by atoms with Crippen LogP contribution >= 0.6 is 11.6 Å². The molecular weight excluding hydrogens is 224 g/mol. The zero-order valence-electron chi connectivity index (χ0n) is 8.53. The van der Waals surface area contributed by atoms with Crippen molar-refractivity contribution >= 4 is 23.3 Å². The highest BCUT2D eigenvalue weighted by Gasteiger charge is 2.05. The van der Waals surface area contributed by atoms with Crippen molar-refractivity contribution in [3.8, 4) is 0 Å². The van der Waals surface area contributed by atoms with Crippen LogP contribution in [0.3, 0.4) is 0 Å². The normalized spacial score (nSPS) is 13.4. The molecule has 1 aromatic rings. The van der Waals surface area contributed by atoms with Gasteiger partial charge in [-0.3, -0.25) is 0 Å². The van der Waals surface area contributed by atoms with Crippen LogP contribution in [0.1, 0.15) is 6.42 Å². The van der Waals surface area contributed by atoms with Gasteiger partial charge < -0.3 is 10.6 Å². The quantitative estimate of drug-likeness (QED) is 0.810. The highest BCUT2D eigenvalue weighted by Crippen LogP contribution is 2.13. The highest BCUT2D eigenvalue weighted by molar-refractivity contribution is 6.30. The van der Waals surface area contributed by atoms with E-state index in [2.05, 4.69) is 10.6 Å². The number of anilines is 1. The molecular formula is C12H11ClN2O. The fraction of sp³-hybridized carbons (Fsp3) is 0.0833. The SMILES string of the molecule is O=C(NC1=CC=CC1)Nc1ccc(Cl)cc1. The van der Waals surface area contributed by atoms with Crippen LogP contribution in [0, 0.1) is 0 Å². The summed E-state index contributed by atoms with van der Waals surface area (Å²) in [5, 5.41) is 6.12. The van der Waals surface area contributed by atoms with Gasteiger partial charge in [0.2, 0.25) is 0 Å². The average Bonchev–Trinajstić information content (AvgIpc) is 2.74. The maximum atomic E-state index is 11.5. The molecule has 0 radical (unpaired) electrons. The Kier molecular flexibility index (Phi) is 3.27. The van der Waals surface area contributed by atoms with Crippen molar-refractivity contribution < 1.29 is 4.79 Å². The van der Waals surface area contributed by atoms with E-state index in [1.54, 1.807) is 24.3 Å². The first-order valence-corrected chi connectivity index (χ1v) is 5.31. The maximum absolute atomic E-state index is 11.5. The van der Waals surface area contributed by atoms with E-state index in [1.165, 1.54) is 0 Å². The van der Waals surface area contributed by atoms with Gasteiger partial charge in [-0.15, -0.1) is 0 Å². The Hall–Kier alpha value is -1.74. The summed E-state index contributed by atoms with van der Waals surface area (Å²) in [6.45, 7) is 0. The van der Waals surface area contributed by atoms with Gasteiger partial charge in [-0.2, -0.15) is 0 Å². The predicted molar refractivity (Wildman–Crippen MR) is 65.4 cm³/mol. The third-order valence-corrected chi connectivity index (χ3v) is 2.40. The molecule has 0 unspecified atom stereocenters. The number of carbonyl (C=O) groups excluding carboxylic acids is 1. The van der Waals surface area contributed by atoms with Crippen molar-refractivity contribution in [1.82, 2.24) is 5.32 Å². The summed E-state index contributed by atoms with van der Waals surface area (Å²) < 4.78 is 0. The van der Waals surface area contributed by atoms with Crippen LogP contribution in [0.15, 0.2) is 48.2 Å². The van der Waals surface area contributed by atoms with E-state index in [0.29, 0.717) is 10.7 Å². The Balaban J connectivity index is 1.89. The van der Waals surface area contributed by atoms with Crippen LogP contribution in [0.5, 0.6) is 0 Å². The molecule has 16 heavy (non-hydrogen) atoms. The Morgan fingerprint density at radius 1 is 1.19 bits per heavy atom. The van der Waals surface area contributed by atoms with Crippen molar-refractivity contribution in [2.45, 2.75) is 6.42 Å². The Bertz CT molecular complexity index is 449. The first-order valence-electron chi connectivity index (χ1n) is 4.93. The smallest absolute Gasteiger partial charge is 0.311 e. The molecule has 4 heteroatoms. The zero-order chi connectivity index (χ0) is 11.4. The van der Waals surface area contributed by atoms with Crippen molar-refractivity contribution in [2.75, 3.05) is 5.32 Å². The molecule has 0 atom stereocenters. The van der Waals surface area contributed by atoms with Gasteiger partial charge >= 0.3 is 6.03 Å². The summed E-state index contributed by atoms with van der Waals surface area (Å²) in [5.74, 6) is 0. The molecule has 2 rings (SSSR count). The first kappa shape index (κ1) is 10.8. The lowest BCUT2D eigenvalue weighted by Crippen LogP contribution is -2.27. The van der Waals surface area contributed by atoms with Gasteiger partial charge in [0.15, 0.2) is 0 Å². The predicted octanol–water partition coefficient (Wildman–Crippen LogP) is 3.31. The molecule has 2 amide bonds. The summed E-state index contributed by atoms with van der Waals surface area (Å²) in [5.41, 5.74) is 1.61. The summed E-state index contributed by atoms with van der Waals surface area (Å²) in [6, 6.07) is 6.73. The van der Waals surface area contributed by atoms with E-state index in [0.717, 1.165) is 12.1 Å². The van der Waals surface area contributed by atoms with Gasteiger partial charge in [0.05, 0.1) is 0 Å². The molecule has 0 heterocycles. The summed E-state index contributed by atoms with van der Waals surface area (Å²) in [6.07, 6.45) is 6.55. The largest absolute Gasteiger partial charge is 0.323 e. The average molecular weight is 235 g/mol. The fourth-order valence-corrected chi connectivity index (χ4v) is 1.51. The number of carbonyl (C=O) groups is 1. The van der Waals surface area contributed by atoms with Crippen molar-refractivity contribution in [3.63, 3.8) is 0 Å². The minimum atomic E-state index is -0.239. The molecule has 0 aromatic heterocycles. The van der Waals surface area contributed by atoms with Gasteiger partial charge in [-0.25, -0.2) is 4.79 Å². The van der Waals surface area contributed by atoms with Gasteiger partial charge in [-0.1, -0.05) is 23.8 Å². The summed E-state index contributed by atoms with van der Waals surface area (Å²) >= 11 is 5.74. The van der Waals surface area contributed by atoms with E-state index in [-0.39, 0.29) is 6.03 Å². The summed E-state index contributed by atoms with van der Waals surface area (Å²) in [4.78, 5) is 11.5. The molecule has 0 fully saturated rings. The number of nitrogens with one attached hydrogen (secondary N) is 2. The van der Waals surface area contributed by atoms with Crippen LogP contribution in [-0.2, 0) is 0 Å². The van der Waals surface area contributed by atoms with Crippen LogP contribution < -0.4 is 10.6 Å². The van der Waals surface area contributed by atoms with E-state index >= 15 is 0 Å². The molecule has 0 spiro atoms. The molecule has 1 aliphatic carbocycles. The zero-order valence-corrected chi connectivity index (χ0v) is 9.29. The number of urea groups is 1. The molecule has 2 N–H and O–H groups in total. The van der Waals surface area contributed by atoms with E-state index < -0.39 is 0 Å². The van der Waals surface area contributed by atoms with Crippen molar-refractivity contribution in [3.05, 3.63) is 53.2 Å². The number of allylic oxidation sites excluding steroid dienone is 3. The lowest BCUT2D eigenvalue weighted by molar-refractivity contribution is 0.254. The fourth-order valence-electron chi connectivity index (χ4n) is 1.38. The van der Waals surface area contributed by atoms with Crippen LogP contribution in [-0.4, -0.2) is 6.03 Å². The third kappa shape index (κ3) is 2.87. The van der Waals surface area contributed by atoms with E-state index in [9.17, 15) is 4.79 Å². The lowest BCUT2D eigenvalue weighted by Gasteiger charge is -2.07. The molecule has 0 saturated heterocycles. The van der Waals surface area contributed by atoms with E-state index in [1.807, 2.05) is 18.2 Å². The molecule has 1 aromatic carbocycles. The Labute approximate surface area is 98.8 Å². The highest BCUT2D eigenvalue weighted by atomic mass is 35.5. The van der Waals surface area contributed by atoms with Gasteiger partial charge in [0, 0.05) is 22.8 Å². The van der Waals surface area contributed by atoms with Gasteiger partial charge in [0.25, 0.3) is 0 Å².